The molecule has 5 heteroatoms. The summed E-state index contributed by atoms with van der Waals surface area (Å²) in [5.74, 6) is 1.61. The van der Waals surface area contributed by atoms with Gasteiger partial charge >= 0.3 is 29.6 Å². The molecule has 0 heterocycles. The van der Waals surface area contributed by atoms with E-state index in [2.05, 4.69) is 6.92 Å². The molecule has 0 N–H and O–H groups in total. The summed E-state index contributed by atoms with van der Waals surface area (Å²) in [5.41, 5.74) is 0. The first kappa shape index (κ1) is 22.5. The topological polar surface area (TPSA) is 40.1 Å². The minimum Gasteiger partial charge on any atom is -0.550 e. The van der Waals surface area contributed by atoms with Gasteiger partial charge in [-0.2, -0.15) is 0 Å². The van der Waals surface area contributed by atoms with Gasteiger partial charge in [0.2, 0.25) is 0 Å². The zero-order chi connectivity index (χ0) is 13.5. The van der Waals surface area contributed by atoms with Crippen LogP contribution in [0, 0.1) is 0 Å². The van der Waals surface area contributed by atoms with Gasteiger partial charge in [-0.25, -0.2) is 0 Å². The molecule has 0 aliphatic carbocycles. The summed E-state index contributed by atoms with van der Waals surface area (Å²) in [5, 5.41) is 10.2. The molecule has 0 radical (unpaired) electrons. The second-order valence-corrected chi connectivity index (χ2v) is 7.30. The molecule has 108 valence electrons. The van der Waals surface area contributed by atoms with E-state index in [1.165, 1.54) is 50.0 Å². The predicted octanol–water partition coefficient (Wildman–Crippen LogP) is 1.04. The van der Waals surface area contributed by atoms with Crippen molar-refractivity contribution < 1.29 is 39.5 Å². The second kappa shape index (κ2) is 19.2. The SMILES string of the molecule is CCCCCCSSCCCCCCCC(=O)[O-].[Na+]. The van der Waals surface area contributed by atoms with Gasteiger partial charge in [0.25, 0.3) is 0 Å². The molecule has 0 spiro atoms. The van der Waals surface area contributed by atoms with Gasteiger partial charge in [0.1, 0.15) is 0 Å². The monoisotopic (exact) mass is 314 g/mol. The molecule has 0 saturated heterocycles. The third-order valence-electron chi connectivity index (χ3n) is 2.77. The van der Waals surface area contributed by atoms with Gasteiger partial charge in [-0.1, -0.05) is 67.0 Å². The molecule has 0 aliphatic rings. The molecule has 19 heavy (non-hydrogen) atoms. The van der Waals surface area contributed by atoms with Crippen LogP contribution in [-0.2, 0) is 4.79 Å². The normalized spacial score (nSPS) is 10.2. The van der Waals surface area contributed by atoms with Crippen LogP contribution in [-0.4, -0.2) is 17.5 Å². The summed E-state index contributed by atoms with van der Waals surface area (Å²) in [6, 6.07) is 0. The molecular weight excluding hydrogens is 287 g/mol. The van der Waals surface area contributed by atoms with Crippen molar-refractivity contribution in [3.8, 4) is 0 Å². The van der Waals surface area contributed by atoms with Crippen LogP contribution >= 0.6 is 21.6 Å². The van der Waals surface area contributed by atoms with E-state index in [0.29, 0.717) is 0 Å². The van der Waals surface area contributed by atoms with Crippen molar-refractivity contribution >= 4 is 27.6 Å². The number of aliphatic carboxylic acids is 1. The van der Waals surface area contributed by atoms with Crippen molar-refractivity contribution in [3.05, 3.63) is 0 Å². The van der Waals surface area contributed by atoms with Gasteiger partial charge in [0, 0.05) is 17.5 Å². The molecule has 0 fully saturated rings. The van der Waals surface area contributed by atoms with Gasteiger partial charge in [-0.3, -0.25) is 0 Å². The standard InChI is InChI=1S/C14H28O2S2.Na/c1-2-3-4-9-12-17-18-13-10-7-5-6-8-11-14(15)16;/h2-13H2,1H3,(H,15,16);/q;+1/p-1. The Balaban J connectivity index is 0. The minimum atomic E-state index is -0.912. The van der Waals surface area contributed by atoms with Crippen LogP contribution in [0.3, 0.4) is 0 Å². The molecule has 0 saturated carbocycles. The van der Waals surface area contributed by atoms with Crippen molar-refractivity contribution in [2.45, 2.75) is 71.1 Å². The molecule has 0 aromatic heterocycles. The van der Waals surface area contributed by atoms with Crippen molar-refractivity contribution in [3.63, 3.8) is 0 Å². The maximum Gasteiger partial charge on any atom is 1.00 e. The third kappa shape index (κ3) is 21.6. The van der Waals surface area contributed by atoms with E-state index in [1.54, 1.807) is 0 Å². The first-order valence-electron chi connectivity index (χ1n) is 7.21. The van der Waals surface area contributed by atoms with Gasteiger partial charge in [-0.15, -0.1) is 0 Å². The number of carbonyl (C=O) groups is 1. The Labute approximate surface area is 148 Å². The number of rotatable bonds is 14. The fourth-order valence-corrected chi connectivity index (χ4v) is 3.96. The van der Waals surface area contributed by atoms with E-state index in [4.69, 9.17) is 0 Å². The summed E-state index contributed by atoms with van der Waals surface area (Å²) < 4.78 is 0. The number of carboxylic acids is 1. The van der Waals surface area contributed by atoms with E-state index in [0.717, 1.165) is 19.3 Å². The zero-order valence-electron chi connectivity index (χ0n) is 12.6. The Morgan fingerprint density at radius 3 is 1.84 bits per heavy atom. The molecular formula is C14H27NaO2S2. The predicted molar refractivity (Wildman–Crippen MR) is 81.8 cm³/mol. The number of hydrogen-bond donors (Lipinski definition) is 0. The fraction of sp³-hybridized carbons (Fsp3) is 0.929. The Morgan fingerprint density at radius 1 is 0.842 bits per heavy atom. The number of carbonyl (C=O) groups excluding carboxylic acids is 1. The van der Waals surface area contributed by atoms with Crippen molar-refractivity contribution in [1.29, 1.82) is 0 Å². The van der Waals surface area contributed by atoms with Crippen molar-refractivity contribution in [1.82, 2.24) is 0 Å². The average Bonchev–Trinajstić information content (AvgIpc) is 2.34. The van der Waals surface area contributed by atoms with Crippen LogP contribution in [0.25, 0.3) is 0 Å². The van der Waals surface area contributed by atoms with Crippen molar-refractivity contribution in [2.75, 3.05) is 11.5 Å². The van der Waals surface area contributed by atoms with E-state index in [1.807, 2.05) is 21.6 Å². The fourth-order valence-electron chi connectivity index (χ4n) is 1.67. The second-order valence-electron chi connectivity index (χ2n) is 4.59. The summed E-state index contributed by atoms with van der Waals surface area (Å²) >= 11 is 0. The van der Waals surface area contributed by atoms with E-state index < -0.39 is 5.97 Å². The number of carboxylic acid groups (broad SMARTS) is 1. The van der Waals surface area contributed by atoms with Crippen LogP contribution in [0.1, 0.15) is 71.1 Å². The molecule has 2 nitrogen and oxygen atoms in total. The maximum absolute atomic E-state index is 10.2. The molecule has 0 bridgehead atoms. The van der Waals surface area contributed by atoms with Crippen LogP contribution < -0.4 is 34.7 Å². The van der Waals surface area contributed by atoms with Crippen molar-refractivity contribution in [2.24, 2.45) is 0 Å². The van der Waals surface area contributed by atoms with Gasteiger partial charge in [0.15, 0.2) is 0 Å². The first-order valence-corrected chi connectivity index (χ1v) is 9.70. The van der Waals surface area contributed by atoms with E-state index in [9.17, 15) is 9.90 Å². The Hall–Kier alpha value is 1.17. The van der Waals surface area contributed by atoms with Gasteiger partial charge < -0.3 is 9.90 Å². The third-order valence-corrected chi connectivity index (χ3v) is 5.35. The molecule has 0 rings (SSSR count). The average molecular weight is 314 g/mol. The molecule has 0 atom stereocenters. The molecule has 0 unspecified atom stereocenters. The van der Waals surface area contributed by atoms with Crippen LogP contribution in [0.2, 0.25) is 0 Å². The van der Waals surface area contributed by atoms with E-state index >= 15 is 0 Å². The zero-order valence-corrected chi connectivity index (χ0v) is 16.3. The summed E-state index contributed by atoms with van der Waals surface area (Å²) in [6.45, 7) is 2.24. The Kier molecular flexibility index (Phi) is 22.7. The van der Waals surface area contributed by atoms with Crippen LogP contribution in [0.4, 0.5) is 0 Å². The van der Waals surface area contributed by atoms with Crippen LogP contribution in [0.15, 0.2) is 0 Å². The van der Waals surface area contributed by atoms with E-state index in [-0.39, 0.29) is 36.0 Å². The quantitative estimate of drug-likeness (QED) is 0.273. The summed E-state index contributed by atoms with van der Waals surface area (Å²) in [6.07, 6.45) is 11.1. The van der Waals surface area contributed by atoms with Gasteiger partial charge in [-0.05, 0) is 25.7 Å². The molecule has 0 aromatic carbocycles. The number of hydrogen-bond acceptors (Lipinski definition) is 4. The maximum atomic E-state index is 10.2. The Morgan fingerprint density at radius 2 is 1.32 bits per heavy atom. The number of unbranched alkanes of at least 4 members (excludes halogenated alkanes) is 7. The smallest absolute Gasteiger partial charge is 0.550 e. The summed E-state index contributed by atoms with van der Waals surface area (Å²) in [4.78, 5) is 10.2. The minimum absolute atomic E-state index is 0. The largest absolute Gasteiger partial charge is 1.00 e. The van der Waals surface area contributed by atoms with Crippen LogP contribution in [0.5, 0.6) is 0 Å². The molecule has 0 amide bonds. The molecule has 0 aliphatic heterocycles. The van der Waals surface area contributed by atoms with Gasteiger partial charge in [0.05, 0.1) is 0 Å². The Bertz CT molecular complexity index is 192. The molecule has 0 aromatic rings. The summed E-state index contributed by atoms with van der Waals surface area (Å²) in [7, 11) is 4.00. The first-order chi connectivity index (χ1) is 8.77.